The molecule has 0 aliphatic carbocycles. The van der Waals surface area contributed by atoms with Crippen LogP contribution in [0.2, 0.25) is 10.2 Å². The lowest BCUT2D eigenvalue weighted by Crippen LogP contribution is -2.09. The van der Waals surface area contributed by atoms with Crippen LogP contribution in [0.5, 0.6) is 0 Å². The maximum Gasteiger partial charge on any atom is 0.433 e. The van der Waals surface area contributed by atoms with Gasteiger partial charge in [-0.1, -0.05) is 65.7 Å². The first kappa shape index (κ1) is 20.6. The van der Waals surface area contributed by atoms with Gasteiger partial charge in [0.05, 0.1) is 10.5 Å². The summed E-state index contributed by atoms with van der Waals surface area (Å²) in [5.41, 5.74) is 1.53. The van der Waals surface area contributed by atoms with Crippen LogP contribution < -0.4 is 0 Å². The molecular weight excluding hydrogens is 436 g/mol. The highest BCUT2D eigenvalue weighted by Crippen LogP contribution is 2.39. The maximum absolute atomic E-state index is 12.7. The number of alkyl halides is 3. The Kier molecular flexibility index (Phi) is 5.40. The molecule has 0 spiro atoms. The van der Waals surface area contributed by atoms with Gasteiger partial charge in [-0.3, -0.25) is 4.98 Å². The van der Waals surface area contributed by atoms with E-state index in [2.05, 4.69) is 9.97 Å². The number of aliphatic hydroxyl groups excluding tert-OH is 1. The summed E-state index contributed by atoms with van der Waals surface area (Å²) in [6, 6.07) is 16.2. The van der Waals surface area contributed by atoms with Crippen LogP contribution in [-0.4, -0.2) is 15.1 Å². The SMILES string of the molecule is OC(c1ccc(C(F)(F)F)nc1)c1ccc2nc(Cl)c(-c3ccccc3)c(Cl)c2c1. The Labute approximate surface area is 179 Å². The highest BCUT2D eigenvalue weighted by molar-refractivity contribution is 6.42. The average Bonchev–Trinajstić information content (AvgIpc) is 2.73. The Morgan fingerprint density at radius 3 is 2.23 bits per heavy atom. The molecule has 2 aromatic carbocycles. The summed E-state index contributed by atoms with van der Waals surface area (Å²) >= 11 is 13.0. The average molecular weight is 449 g/mol. The van der Waals surface area contributed by atoms with Crippen LogP contribution in [0.25, 0.3) is 22.0 Å². The standard InChI is InChI=1S/C22H13Cl2F3N2O/c23-19-15-10-13(20(30)14-7-9-17(28-11-14)22(25,26)27)6-8-16(15)29-21(24)18(19)12-4-2-1-3-5-12/h1-11,20,30H. The summed E-state index contributed by atoms with van der Waals surface area (Å²) in [4.78, 5) is 7.79. The molecule has 4 rings (SSSR count). The van der Waals surface area contributed by atoms with Crippen LogP contribution >= 0.6 is 23.2 Å². The number of rotatable bonds is 3. The third-order valence-electron chi connectivity index (χ3n) is 4.67. The number of aromatic nitrogens is 2. The van der Waals surface area contributed by atoms with Crippen LogP contribution in [0.3, 0.4) is 0 Å². The topological polar surface area (TPSA) is 46.0 Å². The minimum atomic E-state index is -4.54. The predicted octanol–water partition coefficient (Wildman–Crippen LogP) is 6.70. The summed E-state index contributed by atoms with van der Waals surface area (Å²) in [5, 5.41) is 11.9. The molecule has 0 bridgehead atoms. The van der Waals surface area contributed by atoms with Crippen molar-refractivity contribution >= 4 is 34.1 Å². The Bertz CT molecular complexity index is 1210. The number of nitrogens with zero attached hydrogens (tertiary/aromatic N) is 2. The van der Waals surface area contributed by atoms with Crippen molar-refractivity contribution < 1.29 is 18.3 Å². The lowest BCUT2D eigenvalue weighted by molar-refractivity contribution is -0.141. The lowest BCUT2D eigenvalue weighted by Gasteiger charge is -2.15. The second kappa shape index (κ2) is 7.87. The van der Waals surface area contributed by atoms with E-state index in [4.69, 9.17) is 23.2 Å². The number of hydrogen-bond donors (Lipinski definition) is 1. The summed E-state index contributed by atoms with van der Waals surface area (Å²) in [5.74, 6) is 0. The molecule has 152 valence electrons. The molecule has 0 amide bonds. The Hall–Kier alpha value is -2.67. The van der Waals surface area contributed by atoms with Crippen LogP contribution in [0, 0.1) is 0 Å². The summed E-state index contributed by atoms with van der Waals surface area (Å²) < 4.78 is 38.1. The molecule has 2 aromatic heterocycles. The quantitative estimate of drug-likeness (QED) is 0.354. The molecule has 0 radical (unpaired) electrons. The van der Waals surface area contributed by atoms with Crippen molar-refractivity contribution in [1.82, 2.24) is 9.97 Å². The van der Waals surface area contributed by atoms with Crippen LogP contribution in [0.4, 0.5) is 13.2 Å². The second-order valence-electron chi connectivity index (χ2n) is 6.61. The van der Waals surface area contributed by atoms with Crippen molar-refractivity contribution in [1.29, 1.82) is 0 Å². The van der Waals surface area contributed by atoms with Gasteiger partial charge in [0.2, 0.25) is 0 Å². The number of fused-ring (bicyclic) bond motifs is 1. The zero-order valence-electron chi connectivity index (χ0n) is 15.2. The number of benzene rings is 2. The molecule has 0 aliphatic heterocycles. The first-order chi connectivity index (χ1) is 14.3. The van der Waals surface area contributed by atoms with E-state index in [-0.39, 0.29) is 10.7 Å². The van der Waals surface area contributed by atoms with Crippen LogP contribution in [-0.2, 0) is 6.18 Å². The summed E-state index contributed by atoms with van der Waals surface area (Å²) in [7, 11) is 0. The predicted molar refractivity (Wildman–Crippen MR) is 110 cm³/mol. The first-order valence-corrected chi connectivity index (χ1v) is 9.56. The number of pyridine rings is 2. The van der Waals surface area contributed by atoms with Crippen molar-refractivity contribution in [2.45, 2.75) is 12.3 Å². The van der Waals surface area contributed by atoms with Crippen molar-refractivity contribution in [3.63, 3.8) is 0 Å². The van der Waals surface area contributed by atoms with E-state index >= 15 is 0 Å². The molecule has 0 aliphatic rings. The molecule has 30 heavy (non-hydrogen) atoms. The van der Waals surface area contributed by atoms with Gasteiger partial charge >= 0.3 is 6.18 Å². The highest BCUT2D eigenvalue weighted by atomic mass is 35.5. The van der Waals surface area contributed by atoms with Gasteiger partial charge in [-0.2, -0.15) is 13.2 Å². The lowest BCUT2D eigenvalue weighted by atomic mass is 9.99. The van der Waals surface area contributed by atoms with Crippen molar-refractivity contribution in [3.05, 3.63) is 93.9 Å². The Morgan fingerprint density at radius 1 is 0.900 bits per heavy atom. The maximum atomic E-state index is 12.7. The molecule has 4 aromatic rings. The third-order valence-corrected chi connectivity index (χ3v) is 5.34. The molecule has 0 saturated heterocycles. The molecular formula is C22H13Cl2F3N2O. The molecule has 0 saturated carbocycles. The fraction of sp³-hybridized carbons (Fsp3) is 0.0909. The van der Waals surface area contributed by atoms with Crippen LogP contribution in [0.1, 0.15) is 22.9 Å². The smallest absolute Gasteiger partial charge is 0.384 e. The molecule has 0 fully saturated rings. The van der Waals surface area contributed by atoms with Crippen LogP contribution in [0.15, 0.2) is 66.9 Å². The summed E-state index contributed by atoms with van der Waals surface area (Å²) in [6.45, 7) is 0. The van der Waals surface area contributed by atoms with E-state index in [1.165, 1.54) is 6.07 Å². The molecule has 3 nitrogen and oxygen atoms in total. The van der Waals surface area contributed by atoms with E-state index < -0.39 is 18.0 Å². The van der Waals surface area contributed by atoms with Gasteiger partial charge < -0.3 is 5.11 Å². The fourth-order valence-corrected chi connectivity index (χ4v) is 3.85. The zero-order valence-corrected chi connectivity index (χ0v) is 16.7. The fourth-order valence-electron chi connectivity index (χ4n) is 3.16. The monoisotopic (exact) mass is 448 g/mol. The Balaban J connectivity index is 1.77. The van der Waals surface area contributed by atoms with E-state index in [0.29, 0.717) is 27.1 Å². The second-order valence-corrected chi connectivity index (χ2v) is 7.35. The molecule has 2 heterocycles. The van der Waals surface area contributed by atoms with Crippen molar-refractivity contribution in [2.24, 2.45) is 0 Å². The summed E-state index contributed by atoms with van der Waals surface area (Å²) in [6.07, 6.45) is -4.72. The highest BCUT2D eigenvalue weighted by Gasteiger charge is 2.32. The number of halogens is 5. The first-order valence-electron chi connectivity index (χ1n) is 8.81. The van der Waals surface area contributed by atoms with Gasteiger partial charge in [-0.25, -0.2) is 4.98 Å². The van der Waals surface area contributed by atoms with Gasteiger partial charge in [-0.05, 0) is 29.3 Å². The minimum Gasteiger partial charge on any atom is -0.384 e. The van der Waals surface area contributed by atoms with Gasteiger partial charge in [-0.15, -0.1) is 0 Å². The molecule has 1 N–H and O–H groups in total. The molecule has 1 atom stereocenters. The van der Waals surface area contributed by atoms with E-state index in [0.717, 1.165) is 17.8 Å². The van der Waals surface area contributed by atoms with Crippen molar-refractivity contribution in [3.8, 4) is 11.1 Å². The molecule has 8 heteroatoms. The van der Waals surface area contributed by atoms with E-state index in [1.807, 2.05) is 30.3 Å². The van der Waals surface area contributed by atoms with Gasteiger partial charge in [0.15, 0.2) is 0 Å². The number of aliphatic hydroxyl groups is 1. The van der Waals surface area contributed by atoms with Gasteiger partial charge in [0.1, 0.15) is 17.0 Å². The van der Waals surface area contributed by atoms with Gasteiger partial charge in [0.25, 0.3) is 0 Å². The zero-order chi connectivity index (χ0) is 21.5. The van der Waals surface area contributed by atoms with Gasteiger partial charge in [0, 0.05) is 22.7 Å². The molecule has 1 unspecified atom stereocenters. The normalized spacial score (nSPS) is 12.9. The van der Waals surface area contributed by atoms with E-state index in [1.54, 1.807) is 18.2 Å². The minimum absolute atomic E-state index is 0.226. The third kappa shape index (κ3) is 3.86. The van der Waals surface area contributed by atoms with E-state index in [9.17, 15) is 18.3 Å². The van der Waals surface area contributed by atoms with Crippen molar-refractivity contribution in [2.75, 3.05) is 0 Å². The largest absolute Gasteiger partial charge is 0.433 e. The number of hydrogen-bond acceptors (Lipinski definition) is 3. The Morgan fingerprint density at radius 2 is 1.60 bits per heavy atom.